The van der Waals surface area contributed by atoms with Crippen LogP contribution in [0.3, 0.4) is 0 Å². The van der Waals surface area contributed by atoms with Crippen molar-refractivity contribution < 1.29 is 23.0 Å². The van der Waals surface area contributed by atoms with Crippen molar-refractivity contribution in [3.63, 3.8) is 0 Å². The van der Waals surface area contributed by atoms with E-state index in [1.54, 1.807) is 25.4 Å². The lowest BCUT2D eigenvalue weighted by Gasteiger charge is -2.28. The van der Waals surface area contributed by atoms with Gasteiger partial charge in [0, 0.05) is 40.7 Å². The molecule has 0 aliphatic heterocycles. The van der Waals surface area contributed by atoms with Gasteiger partial charge in [0.1, 0.15) is 5.52 Å². The Hall–Kier alpha value is -5.00. The second-order valence-electron chi connectivity index (χ2n) is 13.3. The van der Waals surface area contributed by atoms with Crippen LogP contribution in [0.2, 0.25) is 5.02 Å². The molecule has 2 fully saturated rings. The zero-order valence-corrected chi connectivity index (χ0v) is 29.3. The zero-order chi connectivity index (χ0) is 35.9. The minimum absolute atomic E-state index is 0.103. The molecule has 2 N–H and O–H groups in total. The molecule has 9 nitrogen and oxygen atoms in total. The minimum atomic E-state index is -2.86. The number of hydrogen-bond donors (Lipinski definition) is 2. The Kier molecular flexibility index (Phi) is 9.19. The number of methoxy groups -OCH3 is 2. The molecular formula is C39H37ClF2N6O3. The first-order valence-electron chi connectivity index (χ1n) is 16.7. The Balaban J connectivity index is 1.16. The highest BCUT2D eigenvalue weighted by Crippen LogP contribution is 2.57. The lowest BCUT2D eigenvalue weighted by molar-refractivity contribution is -0.152. The number of hydrogen-bond acceptors (Lipinski definition) is 9. The Labute approximate surface area is 299 Å². The number of fused-ring (bicyclic) bond motifs is 3. The predicted molar refractivity (Wildman–Crippen MR) is 194 cm³/mol. The van der Waals surface area contributed by atoms with Crippen molar-refractivity contribution in [1.82, 2.24) is 25.3 Å². The molecule has 3 aromatic heterocycles. The smallest absolute Gasteiger partial charge is 0.311 e. The van der Waals surface area contributed by atoms with E-state index in [1.807, 2.05) is 55.5 Å². The quantitative estimate of drug-likeness (QED) is 0.130. The van der Waals surface area contributed by atoms with Crippen molar-refractivity contribution in [3.05, 3.63) is 94.9 Å². The van der Waals surface area contributed by atoms with Gasteiger partial charge >= 0.3 is 5.97 Å². The van der Waals surface area contributed by atoms with Gasteiger partial charge in [-0.3, -0.25) is 9.78 Å². The fraction of sp³-hybridized carbons (Fsp3) is 0.308. The summed E-state index contributed by atoms with van der Waals surface area (Å²) in [5, 5.41) is 7.44. The van der Waals surface area contributed by atoms with E-state index < -0.39 is 12.2 Å². The van der Waals surface area contributed by atoms with Crippen LogP contribution in [0.15, 0.2) is 67.4 Å². The van der Waals surface area contributed by atoms with Gasteiger partial charge in [0.2, 0.25) is 5.88 Å². The van der Waals surface area contributed by atoms with Gasteiger partial charge in [0.15, 0.2) is 11.6 Å². The third kappa shape index (κ3) is 6.29. The van der Waals surface area contributed by atoms with Crippen LogP contribution in [0.25, 0.3) is 39.5 Å². The van der Waals surface area contributed by atoms with Gasteiger partial charge in [0.05, 0.1) is 35.9 Å². The lowest BCUT2D eigenvalue weighted by atomic mass is 9.84. The third-order valence-electron chi connectivity index (χ3n) is 10.4. The zero-order valence-electron chi connectivity index (χ0n) is 28.5. The van der Waals surface area contributed by atoms with Gasteiger partial charge in [-0.1, -0.05) is 60.7 Å². The summed E-state index contributed by atoms with van der Waals surface area (Å²) in [6.07, 6.45) is 4.60. The molecule has 2 aliphatic rings. The maximum Gasteiger partial charge on any atom is 0.311 e. The number of nitrogens with zero attached hydrogens (tertiary/aromatic N) is 4. The molecule has 0 atom stereocenters. The van der Waals surface area contributed by atoms with Crippen molar-refractivity contribution >= 4 is 46.2 Å². The van der Waals surface area contributed by atoms with Crippen molar-refractivity contribution in [1.29, 1.82) is 0 Å². The summed E-state index contributed by atoms with van der Waals surface area (Å²) in [5.41, 5.74) is 6.18. The summed E-state index contributed by atoms with van der Waals surface area (Å²) in [6, 6.07) is 17.0. The SMILES string of the molecule is C=Cc1cnc2c(Nc3cccc(-c4cccc(-c5ccc(CNC67CCC(C(=O)OC)(CC6)C7)c(OC)n5)c4Cl)c3C)nc(C(F)F)nc2c1. The number of halogens is 3. The maximum absolute atomic E-state index is 13.8. The van der Waals surface area contributed by atoms with Gasteiger partial charge in [-0.05, 0) is 73.9 Å². The van der Waals surface area contributed by atoms with E-state index >= 15 is 0 Å². The number of pyridine rings is 2. The van der Waals surface area contributed by atoms with Crippen LogP contribution < -0.4 is 15.4 Å². The Morgan fingerprint density at radius 2 is 1.76 bits per heavy atom. The number of carbonyl (C=O) groups excluding carboxylic acids is 1. The monoisotopic (exact) mass is 710 g/mol. The van der Waals surface area contributed by atoms with Gasteiger partial charge in [-0.25, -0.2) is 23.7 Å². The van der Waals surface area contributed by atoms with Crippen molar-refractivity contribution in [2.75, 3.05) is 19.5 Å². The number of anilines is 2. The number of benzene rings is 2. The molecule has 2 aliphatic carbocycles. The molecule has 7 rings (SSSR count). The number of alkyl halides is 2. The standard InChI is InChI=1S/C39H37ClF2N6O3/c1-5-23-18-30-32(43-19-23)34(48-35(46-30)33(41)42)45-28-11-7-8-25(22(28)2)26-9-6-10-27(31(26)40)29-13-12-24(36(47-29)50-3)20-44-39-16-14-38(21-39,15-17-39)37(49)51-4/h5-13,18-19,33,44H,1,14-17,20-21H2,2-4H3,(H,45,46,48). The van der Waals surface area contributed by atoms with Crippen LogP contribution in [0, 0.1) is 12.3 Å². The first-order chi connectivity index (χ1) is 24.6. The molecule has 0 radical (unpaired) electrons. The summed E-state index contributed by atoms with van der Waals surface area (Å²) in [5.74, 6) is -0.0448. The molecular weight excluding hydrogens is 674 g/mol. The largest absolute Gasteiger partial charge is 0.481 e. The topological polar surface area (TPSA) is 111 Å². The number of carbonyl (C=O) groups is 1. The Morgan fingerprint density at radius 1 is 1.02 bits per heavy atom. The molecule has 5 aromatic rings. The highest BCUT2D eigenvalue weighted by atomic mass is 35.5. The second-order valence-corrected chi connectivity index (χ2v) is 13.7. The molecule has 51 heavy (non-hydrogen) atoms. The molecule has 12 heteroatoms. The number of esters is 1. The Morgan fingerprint density at radius 3 is 2.49 bits per heavy atom. The van der Waals surface area contributed by atoms with E-state index in [1.165, 1.54) is 7.11 Å². The second kappa shape index (κ2) is 13.6. The van der Waals surface area contributed by atoms with E-state index in [4.69, 9.17) is 26.1 Å². The van der Waals surface area contributed by atoms with E-state index in [2.05, 4.69) is 32.2 Å². The normalized spacial score (nSPS) is 19.4. The molecule has 0 unspecified atom stereocenters. The molecule has 262 valence electrons. The summed E-state index contributed by atoms with van der Waals surface area (Å²) in [6.45, 7) is 6.21. The van der Waals surface area contributed by atoms with Crippen LogP contribution in [-0.2, 0) is 16.1 Å². The number of nitrogens with one attached hydrogen (secondary N) is 2. The summed E-state index contributed by atoms with van der Waals surface area (Å²) >= 11 is 7.13. The molecule has 2 aromatic carbocycles. The van der Waals surface area contributed by atoms with E-state index in [9.17, 15) is 13.6 Å². The fourth-order valence-corrected chi connectivity index (χ4v) is 7.96. The van der Waals surface area contributed by atoms with Crippen LogP contribution in [-0.4, -0.2) is 45.7 Å². The lowest BCUT2D eigenvalue weighted by Crippen LogP contribution is -2.40. The van der Waals surface area contributed by atoms with Gasteiger partial charge in [-0.15, -0.1) is 0 Å². The average Bonchev–Trinajstić information content (AvgIpc) is 3.72. The summed E-state index contributed by atoms with van der Waals surface area (Å²) in [7, 11) is 3.06. The first kappa shape index (κ1) is 34.4. The summed E-state index contributed by atoms with van der Waals surface area (Å²) in [4.78, 5) is 29.9. The average molecular weight is 711 g/mol. The summed E-state index contributed by atoms with van der Waals surface area (Å²) < 4.78 is 38.5. The van der Waals surface area contributed by atoms with E-state index in [-0.39, 0.29) is 28.3 Å². The van der Waals surface area contributed by atoms with Gasteiger partial charge < -0.3 is 20.1 Å². The molecule has 2 bridgehead atoms. The van der Waals surface area contributed by atoms with E-state index in [0.29, 0.717) is 39.9 Å². The van der Waals surface area contributed by atoms with Crippen LogP contribution in [0.4, 0.5) is 20.3 Å². The fourth-order valence-electron chi connectivity index (χ4n) is 7.63. The van der Waals surface area contributed by atoms with Gasteiger partial charge in [0.25, 0.3) is 6.43 Å². The van der Waals surface area contributed by atoms with Gasteiger partial charge in [-0.2, -0.15) is 0 Å². The number of aromatic nitrogens is 4. The number of ether oxygens (including phenoxy) is 2. The maximum atomic E-state index is 13.8. The van der Waals surface area contributed by atoms with Crippen LogP contribution in [0.1, 0.15) is 61.0 Å². The predicted octanol–water partition coefficient (Wildman–Crippen LogP) is 9.01. The van der Waals surface area contributed by atoms with Crippen LogP contribution in [0.5, 0.6) is 5.88 Å². The van der Waals surface area contributed by atoms with E-state index in [0.717, 1.165) is 59.9 Å². The number of rotatable bonds is 11. The molecule has 0 spiro atoms. The molecule has 2 saturated carbocycles. The highest BCUT2D eigenvalue weighted by Gasteiger charge is 2.58. The van der Waals surface area contributed by atoms with Crippen molar-refractivity contribution in [2.45, 2.75) is 57.5 Å². The third-order valence-corrected chi connectivity index (χ3v) is 10.8. The molecule has 3 heterocycles. The first-order valence-corrected chi connectivity index (χ1v) is 17.1. The Bertz CT molecular complexity index is 2170. The van der Waals surface area contributed by atoms with Crippen molar-refractivity contribution in [3.8, 4) is 28.3 Å². The molecule has 0 saturated heterocycles. The molecule has 0 amide bonds. The van der Waals surface area contributed by atoms with Crippen LogP contribution >= 0.6 is 11.6 Å². The van der Waals surface area contributed by atoms with Crippen molar-refractivity contribution in [2.24, 2.45) is 5.41 Å². The highest BCUT2D eigenvalue weighted by molar-refractivity contribution is 6.36. The minimum Gasteiger partial charge on any atom is -0.481 e.